The van der Waals surface area contributed by atoms with Crippen molar-refractivity contribution in [1.29, 1.82) is 0 Å². The van der Waals surface area contributed by atoms with E-state index in [0.717, 1.165) is 30.3 Å². The largest absolute Gasteiger partial charge is 0.362 e. The van der Waals surface area contributed by atoms with E-state index in [1.165, 1.54) is 61.5 Å². The lowest BCUT2D eigenvalue weighted by atomic mass is 9.49. The number of hydrogen-bond acceptors (Lipinski definition) is 3. The Labute approximate surface area is 276 Å². The Balaban J connectivity index is 1.12. The van der Waals surface area contributed by atoms with Crippen LogP contribution in [-0.2, 0) is 11.8 Å². The molecule has 0 amide bonds. The number of nitrogens with zero attached hydrogens (tertiary/aromatic N) is 2. The predicted octanol–water partition coefficient (Wildman–Crippen LogP) is 8.47. The van der Waals surface area contributed by atoms with Crippen molar-refractivity contribution in [3.8, 4) is 0 Å². The third-order valence-corrected chi connectivity index (χ3v) is 12.9. The molecule has 8 atom stereocenters. The van der Waals surface area contributed by atoms with E-state index < -0.39 is 0 Å². The lowest BCUT2D eigenvalue weighted by molar-refractivity contribution is 0.00408. The zero-order valence-electron chi connectivity index (χ0n) is 27.8. The Morgan fingerprint density at radius 1 is 1.13 bits per heavy atom. The second-order valence-electron chi connectivity index (χ2n) is 15.6. The molecule has 5 aliphatic rings. The summed E-state index contributed by atoms with van der Waals surface area (Å²) < 4.78 is 0. The molecule has 4 nitrogen and oxygen atoms in total. The fourth-order valence-corrected chi connectivity index (χ4v) is 10.4. The summed E-state index contributed by atoms with van der Waals surface area (Å²) in [7, 11) is 0. The van der Waals surface area contributed by atoms with Gasteiger partial charge in [-0.3, -0.25) is 9.88 Å². The average molecular weight is 621 g/mol. The van der Waals surface area contributed by atoms with Crippen molar-refractivity contribution in [1.82, 2.24) is 20.5 Å². The first-order valence-electron chi connectivity index (χ1n) is 17.6. The fraction of sp³-hybridized carbons (Fsp3) is 0.550. The average Bonchev–Trinajstić information content (AvgIpc) is 3.06. The van der Waals surface area contributed by atoms with Crippen molar-refractivity contribution in [3.63, 3.8) is 0 Å². The van der Waals surface area contributed by atoms with Gasteiger partial charge in [0.1, 0.15) is 0 Å². The van der Waals surface area contributed by atoms with Gasteiger partial charge < -0.3 is 10.6 Å². The third-order valence-electron chi connectivity index (χ3n) is 12.7. The number of para-hydroxylation sites is 1. The van der Waals surface area contributed by atoms with E-state index >= 15 is 0 Å². The fourth-order valence-electron chi connectivity index (χ4n) is 10.2. The number of thiocarbonyl (C=S) groups is 1. The highest BCUT2D eigenvalue weighted by Gasteiger charge is 2.51. The molecule has 2 bridgehead atoms. The summed E-state index contributed by atoms with van der Waals surface area (Å²) in [6.45, 7) is 17.1. The number of fused-ring (bicyclic) bond motifs is 7. The van der Waals surface area contributed by atoms with Crippen LogP contribution in [0, 0.1) is 23.2 Å². The quantitative estimate of drug-likeness (QED) is 0.205. The number of aryl methyl sites for hydroxylation is 1. The van der Waals surface area contributed by atoms with Crippen LogP contribution in [0.5, 0.6) is 0 Å². The summed E-state index contributed by atoms with van der Waals surface area (Å²) in [6.07, 6.45) is 12.9. The number of piperidine rings is 3. The van der Waals surface area contributed by atoms with Gasteiger partial charge in [0, 0.05) is 30.7 Å². The van der Waals surface area contributed by atoms with Gasteiger partial charge in [0.2, 0.25) is 0 Å². The van der Waals surface area contributed by atoms with Crippen LogP contribution in [0.4, 0.5) is 0 Å². The molecule has 45 heavy (non-hydrogen) atoms. The molecule has 8 rings (SSSR count). The number of benzene rings is 2. The zero-order valence-corrected chi connectivity index (χ0v) is 28.6. The highest BCUT2D eigenvalue weighted by Crippen LogP contribution is 2.57. The van der Waals surface area contributed by atoms with Crippen molar-refractivity contribution in [2.45, 2.75) is 96.1 Å². The molecule has 2 aromatic carbocycles. The van der Waals surface area contributed by atoms with E-state index in [2.05, 4.69) is 104 Å². The molecule has 0 spiro atoms. The van der Waals surface area contributed by atoms with Crippen LogP contribution in [0.1, 0.15) is 100 Å². The van der Waals surface area contributed by atoms with Crippen LogP contribution in [0.2, 0.25) is 0 Å². The predicted molar refractivity (Wildman–Crippen MR) is 192 cm³/mol. The molecule has 2 aliphatic carbocycles. The number of hydrogen-bond donors (Lipinski definition) is 2. The Morgan fingerprint density at radius 2 is 1.98 bits per heavy atom. The van der Waals surface area contributed by atoms with Crippen molar-refractivity contribution >= 4 is 28.2 Å². The Hall–Kier alpha value is -2.76. The molecular formula is C40H52N4S. The minimum absolute atomic E-state index is 0.104. The maximum Gasteiger partial charge on any atom is 0.166 e. The van der Waals surface area contributed by atoms with Crippen molar-refractivity contribution in [2.75, 3.05) is 19.6 Å². The molecule has 5 heteroatoms. The summed E-state index contributed by atoms with van der Waals surface area (Å²) in [5.74, 6) is 2.50. The molecular weight excluding hydrogens is 569 g/mol. The van der Waals surface area contributed by atoms with E-state index in [1.54, 1.807) is 11.1 Å². The van der Waals surface area contributed by atoms with E-state index in [1.807, 2.05) is 6.20 Å². The molecule has 0 radical (unpaired) electrons. The highest BCUT2D eigenvalue weighted by molar-refractivity contribution is 7.80. The summed E-state index contributed by atoms with van der Waals surface area (Å²) >= 11 is 6.18. The van der Waals surface area contributed by atoms with Crippen LogP contribution in [0.25, 0.3) is 10.9 Å². The number of rotatable bonds is 7. The minimum atomic E-state index is 0.104. The van der Waals surface area contributed by atoms with Crippen molar-refractivity contribution < 1.29 is 0 Å². The van der Waals surface area contributed by atoms with Crippen LogP contribution in [-0.4, -0.2) is 40.7 Å². The molecule has 3 aliphatic heterocycles. The first-order valence-corrected chi connectivity index (χ1v) is 18.0. The van der Waals surface area contributed by atoms with Gasteiger partial charge in [-0.1, -0.05) is 76.6 Å². The van der Waals surface area contributed by atoms with E-state index in [0.29, 0.717) is 29.7 Å². The first-order chi connectivity index (χ1) is 21.7. The maximum atomic E-state index is 6.18. The topological polar surface area (TPSA) is 40.2 Å². The monoisotopic (exact) mass is 620 g/mol. The van der Waals surface area contributed by atoms with Gasteiger partial charge in [-0.25, -0.2) is 0 Å². The highest BCUT2D eigenvalue weighted by atomic mass is 32.1. The summed E-state index contributed by atoms with van der Waals surface area (Å²) in [6, 6.07) is 18.7. The molecule has 2 N–H and O–H groups in total. The number of nitrogens with one attached hydrogen (secondary N) is 2. The van der Waals surface area contributed by atoms with E-state index in [-0.39, 0.29) is 16.9 Å². The van der Waals surface area contributed by atoms with Gasteiger partial charge in [-0.05, 0) is 126 Å². The van der Waals surface area contributed by atoms with Crippen LogP contribution in [0.15, 0.2) is 67.4 Å². The Bertz CT molecular complexity index is 1580. The van der Waals surface area contributed by atoms with Gasteiger partial charge >= 0.3 is 0 Å². The summed E-state index contributed by atoms with van der Waals surface area (Å²) in [4.78, 5) is 7.39. The second-order valence-corrected chi connectivity index (χ2v) is 16.0. The van der Waals surface area contributed by atoms with Gasteiger partial charge in [-0.2, -0.15) is 0 Å². The molecule has 4 fully saturated rings. The van der Waals surface area contributed by atoms with E-state index in [9.17, 15) is 0 Å². The molecule has 3 saturated heterocycles. The second kappa shape index (κ2) is 12.1. The Kier molecular flexibility index (Phi) is 8.31. The van der Waals surface area contributed by atoms with Gasteiger partial charge in [0.15, 0.2) is 5.11 Å². The standard InChI is InChI=1S/C40H52N4S/c1-6-27-24-44-21-17-29(27)23-35(44)37(32-16-20-41-34-11-8-7-10-31(32)34)43-38(45)42-25-39(4)18-9-19-40(5)33-14-12-28(26(2)3)22-30(33)13-15-36(39)40/h6-8,10-12,14,16,20,22,26-27,29,35-37H,1,9,13,15,17-19,21,23-25H2,2-5H3,(H2,42,43,45)/t27-,29-,35-,36+,37-,39-,40+/m0/s1. The van der Waals surface area contributed by atoms with Crippen LogP contribution < -0.4 is 10.6 Å². The molecule has 4 heterocycles. The van der Waals surface area contributed by atoms with Gasteiger partial charge in [0.25, 0.3) is 0 Å². The summed E-state index contributed by atoms with van der Waals surface area (Å²) in [5, 5.41) is 9.73. The lowest BCUT2D eigenvalue weighted by Gasteiger charge is -2.56. The molecule has 1 unspecified atom stereocenters. The summed E-state index contributed by atoms with van der Waals surface area (Å²) in [5.41, 5.74) is 7.45. The SMILES string of the molecule is C=C[C@H]1CN2CC[C@H]1C[C@H]2[C@@H](NC(=S)NC[C@]1(C)CCC[C@]2(C)c3ccc(C(C)C)cc3CC[C@H]12)c1ccnc2ccccc12. The number of pyridine rings is 1. The molecule has 1 aromatic heterocycles. The molecule has 238 valence electrons. The third kappa shape index (κ3) is 5.52. The van der Waals surface area contributed by atoms with E-state index in [4.69, 9.17) is 17.2 Å². The van der Waals surface area contributed by atoms with Crippen molar-refractivity contribution in [3.05, 3.63) is 89.6 Å². The lowest BCUT2D eigenvalue weighted by Crippen LogP contribution is -2.59. The van der Waals surface area contributed by atoms with Crippen LogP contribution in [0.3, 0.4) is 0 Å². The van der Waals surface area contributed by atoms with Gasteiger partial charge in [0.05, 0.1) is 11.6 Å². The first kappa shape index (κ1) is 30.9. The normalized spacial score (nSPS) is 32.9. The van der Waals surface area contributed by atoms with Crippen LogP contribution >= 0.6 is 12.2 Å². The zero-order chi connectivity index (χ0) is 31.3. The van der Waals surface area contributed by atoms with Gasteiger partial charge in [-0.15, -0.1) is 6.58 Å². The molecule has 3 aromatic rings. The maximum absolute atomic E-state index is 6.18. The smallest absolute Gasteiger partial charge is 0.166 e. The molecule has 1 saturated carbocycles. The van der Waals surface area contributed by atoms with Crippen molar-refractivity contribution in [2.24, 2.45) is 23.2 Å². The minimum Gasteiger partial charge on any atom is -0.362 e. The number of aromatic nitrogens is 1. The Morgan fingerprint density at radius 3 is 2.76 bits per heavy atom.